The molecule has 0 saturated heterocycles. The predicted octanol–water partition coefficient (Wildman–Crippen LogP) is 5.94. The van der Waals surface area contributed by atoms with Crippen LogP contribution in [0.3, 0.4) is 0 Å². The molecule has 0 atom stereocenters. The summed E-state index contributed by atoms with van der Waals surface area (Å²) in [7, 11) is 0. The third-order valence-corrected chi connectivity index (χ3v) is 5.11. The lowest BCUT2D eigenvalue weighted by atomic mass is 10.2. The molecule has 10 heteroatoms. The maximum Gasteiger partial charge on any atom is 0.313 e. The van der Waals surface area contributed by atoms with Crippen molar-refractivity contribution < 1.29 is 14.4 Å². The fraction of sp³-hybridized carbons (Fsp3) is 0.143. The van der Waals surface area contributed by atoms with E-state index < -0.39 is 4.92 Å². The van der Waals surface area contributed by atoms with Crippen LogP contribution in [0.25, 0.3) is 0 Å². The maximum absolute atomic E-state index is 11.1. The normalized spacial score (nSPS) is 10.8. The first-order valence-corrected chi connectivity index (χ1v) is 10.8. The van der Waals surface area contributed by atoms with Gasteiger partial charge in [-0.05, 0) is 64.3 Å². The number of nitro groups is 1. The van der Waals surface area contributed by atoms with Crippen molar-refractivity contribution in [1.29, 1.82) is 0 Å². The molecule has 0 aliphatic heterocycles. The lowest BCUT2D eigenvalue weighted by Crippen LogP contribution is -2.02. The molecule has 0 aliphatic rings. The Kier molecular flexibility index (Phi) is 7.96. The molecule has 3 aromatic rings. The molecular formula is C21H18Br2N4O4. The summed E-state index contributed by atoms with van der Waals surface area (Å²) in [5, 5.41) is 15.1. The highest BCUT2D eigenvalue weighted by molar-refractivity contribution is 9.10. The van der Waals surface area contributed by atoms with Crippen LogP contribution in [0.15, 0.2) is 68.8 Å². The Morgan fingerprint density at radius 3 is 2.68 bits per heavy atom. The minimum Gasteiger partial charge on any atom is -0.490 e. The number of benzene rings is 2. The van der Waals surface area contributed by atoms with Crippen LogP contribution >= 0.6 is 31.9 Å². The Morgan fingerprint density at radius 1 is 1.19 bits per heavy atom. The lowest BCUT2D eigenvalue weighted by Gasteiger charge is -2.14. The van der Waals surface area contributed by atoms with E-state index in [1.54, 1.807) is 6.07 Å². The summed E-state index contributed by atoms with van der Waals surface area (Å²) < 4.78 is 13.4. The van der Waals surface area contributed by atoms with Crippen LogP contribution in [0.1, 0.15) is 18.1 Å². The fourth-order valence-electron chi connectivity index (χ4n) is 2.60. The van der Waals surface area contributed by atoms with Crippen LogP contribution in [0, 0.1) is 10.1 Å². The van der Waals surface area contributed by atoms with Gasteiger partial charge in [0.2, 0.25) is 5.82 Å². The van der Waals surface area contributed by atoms with Gasteiger partial charge in [0.05, 0.1) is 22.2 Å². The number of halogens is 2. The van der Waals surface area contributed by atoms with Gasteiger partial charge >= 0.3 is 5.69 Å². The lowest BCUT2D eigenvalue weighted by molar-refractivity contribution is -0.384. The summed E-state index contributed by atoms with van der Waals surface area (Å²) in [6.07, 6.45) is 2.97. The smallest absolute Gasteiger partial charge is 0.313 e. The van der Waals surface area contributed by atoms with E-state index in [-0.39, 0.29) is 11.5 Å². The van der Waals surface area contributed by atoms with Crippen LogP contribution in [0.5, 0.6) is 11.5 Å². The van der Waals surface area contributed by atoms with E-state index in [4.69, 9.17) is 9.47 Å². The minimum atomic E-state index is -0.522. The number of pyridine rings is 1. The first-order valence-electron chi connectivity index (χ1n) is 9.20. The zero-order chi connectivity index (χ0) is 22.2. The first-order chi connectivity index (χ1) is 15.0. The molecule has 0 amide bonds. The molecule has 0 bridgehead atoms. The Balaban J connectivity index is 1.77. The molecule has 0 fully saturated rings. The summed E-state index contributed by atoms with van der Waals surface area (Å²) in [4.78, 5) is 14.5. The molecule has 0 saturated carbocycles. The van der Waals surface area contributed by atoms with Crippen LogP contribution < -0.4 is 14.9 Å². The highest BCUT2D eigenvalue weighted by atomic mass is 79.9. The van der Waals surface area contributed by atoms with Crippen LogP contribution in [0.2, 0.25) is 0 Å². The van der Waals surface area contributed by atoms with E-state index in [1.165, 1.54) is 24.5 Å². The van der Waals surface area contributed by atoms with Gasteiger partial charge in [-0.25, -0.2) is 4.98 Å². The van der Waals surface area contributed by atoms with Gasteiger partial charge < -0.3 is 9.47 Å². The second-order valence-corrected chi connectivity index (χ2v) is 7.95. The van der Waals surface area contributed by atoms with Crippen molar-refractivity contribution >= 4 is 49.6 Å². The van der Waals surface area contributed by atoms with Crippen molar-refractivity contribution in [1.82, 2.24) is 4.98 Å². The standard InChI is InChI=1S/C21H18Br2N4O4/c1-2-30-19-11-15(12-25-26-21-18(27(28)29)4-3-9-24-21)10-17(23)20(19)31-13-14-5-7-16(22)8-6-14/h3-12H,2,13H2,1H3,(H,24,26)/b25-12-. The van der Waals surface area contributed by atoms with Gasteiger partial charge in [-0.1, -0.05) is 28.1 Å². The number of rotatable bonds is 9. The van der Waals surface area contributed by atoms with Crippen molar-refractivity contribution in [3.05, 3.63) is 84.9 Å². The number of ether oxygens (including phenoxy) is 2. The van der Waals surface area contributed by atoms with Crippen LogP contribution in [-0.4, -0.2) is 22.7 Å². The number of nitrogens with one attached hydrogen (secondary N) is 1. The highest BCUT2D eigenvalue weighted by Gasteiger charge is 2.14. The molecule has 160 valence electrons. The Bertz CT molecular complexity index is 1090. The van der Waals surface area contributed by atoms with Crippen molar-refractivity contribution in [2.45, 2.75) is 13.5 Å². The summed E-state index contributed by atoms with van der Waals surface area (Å²) in [6.45, 7) is 2.72. The van der Waals surface area contributed by atoms with E-state index in [0.29, 0.717) is 34.7 Å². The van der Waals surface area contributed by atoms with Gasteiger partial charge in [0, 0.05) is 16.7 Å². The van der Waals surface area contributed by atoms with Crippen LogP contribution in [0.4, 0.5) is 11.5 Å². The van der Waals surface area contributed by atoms with Gasteiger partial charge in [0.25, 0.3) is 0 Å². The van der Waals surface area contributed by atoms with Gasteiger partial charge in [0.15, 0.2) is 11.5 Å². The molecule has 1 N–H and O–H groups in total. The Morgan fingerprint density at radius 2 is 1.97 bits per heavy atom. The molecule has 2 aromatic carbocycles. The Hall–Kier alpha value is -2.98. The van der Waals surface area contributed by atoms with E-state index in [2.05, 4.69) is 47.4 Å². The molecule has 1 aromatic heterocycles. The molecular weight excluding hydrogens is 532 g/mol. The van der Waals surface area contributed by atoms with Crippen molar-refractivity contribution in [3.63, 3.8) is 0 Å². The topological polar surface area (TPSA) is 98.9 Å². The second kappa shape index (κ2) is 10.9. The zero-order valence-corrected chi connectivity index (χ0v) is 19.6. The van der Waals surface area contributed by atoms with Crippen molar-refractivity contribution in [2.75, 3.05) is 12.0 Å². The highest BCUT2D eigenvalue weighted by Crippen LogP contribution is 2.37. The quantitative estimate of drug-likeness (QED) is 0.201. The molecule has 0 aliphatic carbocycles. The first kappa shape index (κ1) is 22.7. The Labute approximate surface area is 195 Å². The maximum atomic E-state index is 11.1. The van der Waals surface area contributed by atoms with E-state index >= 15 is 0 Å². The number of nitrogens with zero attached hydrogens (tertiary/aromatic N) is 3. The van der Waals surface area contributed by atoms with Crippen molar-refractivity contribution in [2.24, 2.45) is 5.10 Å². The third-order valence-electron chi connectivity index (χ3n) is 4.00. The van der Waals surface area contributed by atoms with Crippen molar-refractivity contribution in [3.8, 4) is 11.5 Å². The average molecular weight is 550 g/mol. The van der Waals surface area contributed by atoms with E-state index in [0.717, 1.165) is 10.0 Å². The van der Waals surface area contributed by atoms with Gasteiger partial charge in [0.1, 0.15) is 6.61 Å². The van der Waals surface area contributed by atoms with E-state index in [9.17, 15) is 10.1 Å². The molecule has 0 spiro atoms. The number of hydrogen-bond donors (Lipinski definition) is 1. The summed E-state index contributed by atoms with van der Waals surface area (Å²) >= 11 is 6.94. The SMILES string of the molecule is CCOc1cc(/C=N\Nc2ncccc2[N+](=O)[O-])cc(Br)c1OCc1ccc(Br)cc1. The second-order valence-electron chi connectivity index (χ2n) is 6.18. The van der Waals surface area contributed by atoms with Gasteiger partial charge in [-0.2, -0.15) is 5.10 Å². The molecule has 0 unspecified atom stereocenters. The number of anilines is 1. The number of hydrogen-bond acceptors (Lipinski definition) is 7. The number of hydrazone groups is 1. The molecule has 8 nitrogen and oxygen atoms in total. The fourth-order valence-corrected chi connectivity index (χ4v) is 3.44. The predicted molar refractivity (Wildman–Crippen MR) is 126 cm³/mol. The number of aromatic nitrogens is 1. The molecule has 1 heterocycles. The monoisotopic (exact) mass is 548 g/mol. The third kappa shape index (κ3) is 6.25. The summed E-state index contributed by atoms with van der Waals surface area (Å²) in [5.74, 6) is 1.19. The van der Waals surface area contributed by atoms with Crippen LogP contribution in [-0.2, 0) is 6.61 Å². The van der Waals surface area contributed by atoms with Gasteiger partial charge in [-0.15, -0.1) is 0 Å². The van der Waals surface area contributed by atoms with E-state index in [1.807, 2.05) is 37.3 Å². The minimum absolute atomic E-state index is 0.0577. The summed E-state index contributed by atoms with van der Waals surface area (Å²) in [5.41, 5.74) is 4.17. The largest absolute Gasteiger partial charge is 0.490 e. The zero-order valence-electron chi connectivity index (χ0n) is 16.4. The molecule has 3 rings (SSSR count). The average Bonchev–Trinajstić information content (AvgIpc) is 2.75. The molecule has 31 heavy (non-hydrogen) atoms. The summed E-state index contributed by atoms with van der Waals surface area (Å²) in [6, 6.07) is 14.3. The molecule has 0 radical (unpaired) electrons. The van der Waals surface area contributed by atoms with Gasteiger partial charge in [-0.3, -0.25) is 15.5 Å².